The molecule has 6 rings (SSSR count). The maximum atomic E-state index is 14.6. The molecule has 1 aromatic carbocycles. The van der Waals surface area contributed by atoms with Crippen molar-refractivity contribution in [2.75, 3.05) is 32.2 Å². The third kappa shape index (κ3) is 8.34. The number of ether oxygens (including phenoxy) is 4. The number of aryl methyl sites for hydroxylation is 1. The number of alkyl carbamates (subject to hydrolysis) is 1. The van der Waals surface area contributed by atoms with Crippen molar-refractivity contribution in [2.24, 2.45) is 11.3 Å². The highest BCUT2D eigenvalue weighted by Gasteiger charge is 2.61. The van der Waals surface area contributed by atoms with Crippen molar-refractivity contribution in [1.82, 2.24) is 25.5 Å². The van der Waals surface area contributed by atoms with Crippen LogP contribution >= 0.6 is 11.3 Å². The molecular formula is C39H50N6O9S. The number of nitrogens with zero attached hydrogens (tertiary/aromatic N) is 3. The van der Waals surface area contributed by atoms with Crippen molar-refractivity contribution < 1.29 is 43.2 Å². The number of aliphatic carboxylic acids is 1. The van der Waals surface area contributed by atoms with E-state index in [-0.39, 0.29) is 32.0 Å². The van der Waals surface area contributed by atoms with E-state index in [0.29, 0.717) is 46.8 Å². The zero-order valence-corrected chi connectivity index (χ0v) is 33.1. The Kier molecular flexibility index (Phi) is 11.3. The SMILES string of the molecule is C=C[C@@H]1C[C@]1(NC(=O)[C@@H]1C[C@@H](Oc2cc(-c3csc(NC(C)C)n3)nc3c(C)c(OC)ccc23)CN1C(=O)[C@@H](NC(=O)O[C@H]1CCOC1)C(C)(C)C)C(=O)O. The van der Waals surface area contributed by atoms with E-state index in [1.165, 1.54) is 22.3 Å². The second-order valence-electron chi connectivity index (χ2n) is 15.8. The number of carboxylic acids is 1. The third-order valence-electron chi connectivity index (χ3n) is 10.3. The van der Waals surface area contributed by atoms with Crippen molar-refractivity contribution in [3.63, 3.8) is 0 Å². The molecule has 6 atom stereocenters. The lowest BCUT2D eigenvalue weighted by Gasteiger charge is -2.35. The second kappa shape index (κ2) is 15.6. The Labute approximate surface area is 324 Å². The van der Waals surface area contributed by atoms with E-state index < -0.39 is 65.0 Å². The first-order valence-electron chi connectivity index (χ1n) is 18.4. The minimum Gasteiger partial charge on any atom is -0.496 e. The average Bonchev–Trinajstić information content (AvgIpc) is 3.53. The number of methoxy groups -OCH3 is 1. The Balaban J connectivity index is 1.34. The van der Waals surface area contributed by atoms with Crippen molar-refractivity contribution in [1.29, 1.82) is 0 Å². The number of nitrogens with one attached hydrogen (secondary N) is 3. The van der Waals surface area contributed by atoms with Gasteiger partial charge in [-0.25, -0.2) is 19.6 Å². The van der Waals surface area contributed by atoms with Crippen LogP contribution in [0.3, 0.4) is 0 Å². The number of hydrogen-bond donors (Lipinski definition) is 4. The maximum absolute atomic E-state index is 14.6. The van der Waals surface area contributed by atoms with Gasteiger partial charge < -0.3 is 44.9 Å². The predicted octanol–water partition coefficient (Wildman–Crippen LogP) is 4.92. The molecule has 4 N–H and O–H groups in total. The Bertz CT molecular complexity index is 1970. The standard InChI is InChI=1S/C39H50N6O9S/c1-9-22-16-39(22,35(48)49)44-33(46)28-14-24(17-45(28)34(47)32(38(5,6)7)43-37(50)54-23-12-13-52-18-23)53-30-15-26(27-19-55-36(42-27)40-20(2)3)41-31-21(4)29(51-8)11-10-25(30)31/h9-11,15,19-20,22-24,28,32H,1,12-14,16-18H2,2-8H3,(H,40,42)(H,43,50)(H,44,46)(H,48,49)/t22-,23+,24-,28+,32-,39-/m1/s1. The number of aromatic nitrogens is 2. The molecular weight excluding hydrogens is 729 g/mol. The molecule has 2 aliphatic heterocycles. The molecule has 1 aliphatic carbocycles. The number of pyridine rings is 1. The van der Waals surface area contributed by atoms with Crippen LogP contribution in [0, 0.1) is 18.3 Å². The first kappa shape index (κ1) is 39.7. The zero-order chi connectivity index (χ0) is 39.8. The fraction of sp³-hybridized carbons (Fsp3) is 0.538. The normalized spacial score (nSPS) is 24.0. The number of amides is 3. The Morgan fingerprint density at radius 2 is 1.91 bits per heavy atom. The lowest BCUT2D eigenvalue weighted by molar-refractivity contribution is -0.146. The fourth-order valence-electron chi connectivity index (χ4n) is 7.13. The molecule has 55 heavy (non-hydrogen) atoms. The topological polar surface area (TPSA) is 191 Å². The van der Waals surface area contributed by atoms with Gasteiger partial charge >= 0.3 is 12.1 Å². The molecule has 0 bridgehead atoms. The van der Waals surface area contributed by atoms with Crippen molar-refractivity contribution in [3.8, 4) is 22.9 Å². The molecule has 3 aliphatic rings. The summed E-state index contributed by atoms with van der Waals surface area (Å²) >= 11 is 1.46. The number of rotatable bonds is 13. The lowest BCUT2D eigenvalue weighted by Crippen LogP contribution is -2.59. The van der Waals surface area contributed by atoms with Gasteiger partial charge in [-0.3, -0.25) is 9.59 Å². The summed E-state index contributed by atoms with van der Waals surface area (Å²) in [6, 6.07) is 3.43. The lowest BCUT2D eigenvalue weighted by atomic mass is 9.85. The summed E-state index contributed by atoms with van der Waals surface area (Å²) in [6.07, 6.45) is 0.346. The molecule has 2 aromatic heterocycles. The van der Waals surface area contributed by atoms with Crippen LogP contribution in [0.2, 0.25) is 0 Å². The number of anilines is 1. The highest BCUT2D eigenvalue weighted by atomic mass is 32.1. The Morgan fingerprint density at radius 1 is 1.15 bits per heavy atom. The molecule has 15 nitrogen and oxygen atoms in total. The number of carboxylic acid groups (broad SMARTS) is 1. The average molecular weight is 779 g/mol. The van der Waals surface area contributed by atoms with E-state index in [2.05, 4.69) is 22.5 Å². The van der Waals surface area contributed by atoms with E-state index in [0.717, 1.165) is 10.7 Å². The zero-order valence-electron chi connectivity index (χ0n) is 32.3. The fourth-order valence-corrected chi connectivity index (χ4v) is 7.98. The molecule has 1 saturated carbocycles. The van der Waals surface area contributed by atoms with E-state index in [1.54, 1.807) is 33.9 Å². The molecule has 0 spiro atoms. The summed E-state index contributed by atoms with van der Waals surface area (Å²) in [5.74, 6) is -1.72. The van der Waals surface area contributed by atoms with Crippen LogP contribution in [-0.4, -0.2) is 107 Å². The van der Waals surface area contributed by atoms with E-state index in [1.807, 2.05) is 38.3 Å². The number of fused-ring (bicyclic) bond motifs is 1. The number of hydrogen-bond acceptors (Lipinski definition) is 12. The number of benzene rings is 1. The number of carbonyl (C=O) groups is 4. The van der Waals surface area contributed by atoms with Crippen molar-refractivity contribution in [3.05, 3.63) is 41.8 Å². The quantitative estimate of drug-likeness (QED) is 0.172. The van der Waals surface area contributed by atoms with Gasteiger partial charge in [0.1, 0.15) is 47.0 Å². The smallest absolute Gasteiger partial charge is 0.408 e. The van der Waals surface area contributed by atoms with Gasteiger partial charge in [-0.05, 0) is 44.7 Å². The third-order valence-corrected chi connectivity index (χ3v) is 11.0. The van der Waals surface area contributed by atoms with E-state index >= 15 is 0 Å². The van der Waals surface area contributed by atoms with Crippen molar-refractivity contribution >= 4 is 51.2 Å². The van der Waals surface area contributed by atoms with Gasteiger partial charge in [0, 0.05) is 47.2 Å². The molecule has 2 saturated heterocycles. The first-order valence-corrected chi connectivity index (χ1v) is 19.3. The largest absolute Gasteiger partial charge is 0.496 e. The van der Waals surface area contributed by atoms with Crippen molar-refractivity contribution in [2.45, 2.75) is 96.7 Å². The van der Waals surface area contributed by atoms with Crippen LogP contribution in [0.4, 0.5) is 9.93 Å². The van der Waals surface area contributed by atoms with Crippen LogP contribution in [0.25, 0.3) is 22.3 Å². The van der Waals surface area contributed by atoms with Crippen LogP contribution in [0.5, 0.6) is 11.5 Å². The van der Waals surface area contributed by atoms with Crippen LogP contribution in [0.15, 0.2) is 36.2 Å². The molecule has 3 fully saturated rings. The second-order valence-corrected chi connectivity index (χ2v) is 16.6. The minimum atomic E-state index is -1.52. The van der Waals surface area contributed by atoms with E-state index in [4.69, 9.17) is 28.9 Å². The Morgan fingerprint density at radius 3 is 2.53 bits per heavy atom. The highest BCUT2D eigenvalue weighted by molar-refractivity contribution is 7.14. The molecule has 4 heterocycles. The maximum Gasteiger partial charge on any atom is 0.408 e. The highest BCUT2D eigenvalue weighted by Crippen LogP contribution is 2.45. The summed E-state index contributed by atoms with van der Waals surface area (Å²) in [5, 5.41) is 22.2. The molecule has 3 amide bonds. The number of thiazole rings is 1. The van der Waals surface area contributed by atoms with Crippen LogP contribution in [0.1, 0.15) is 59.4 Å². The van der Waals surface area contributed by atoms with Gasteiger partial charge in [-0.2, -0.15) is 0 Å². The molecule has 3 aromatic rings. The monoisotopic (exact) mass is 778 g/mol. The van der Waals surface area contributed by atoms with Gasteiger partial charge in [-0.15, -0.1) is 17.9 Å². The summed E-state index contributed by atoms with van der Waals surface area (Å²) in [6.45, 7) is 15.8. The predicted molar refractivity (Wildman–Crippen MR) is 206 cm³/mol. The number of likely N-dealkylation sites (tertiary alicyclic amines) is 1. The molecule has 296 valence electrons. The molecule has 0 radical (unpaired) electrons. The molecule has 0 unspecified atom stereocenters. The van der Waals surface area contributed by atoms with Gasteiger partial charge in [0.2, 0.25) is 11.8 Å². The van der Waals surface area contributed by atoms with E-state index in [9.17, 15) is 24.3 Å². The summed E-state index contributed by atoms with van der Waals surface area (Å²) in [4.78, 5) is 65.2. The summed E-state index contributed by atoms with van der Waals surface area (Å²) in [7, 11) is 1.59. The Hall–Kier alpha value is -4.96. The number of carbonyl (C=O) groups excluding carboxylic acids is 3. The van der Waals surface area contributed by atoms with Gasteiger partial charge in [0.05, 0.1) is 38.1 Å². The summed E-state index contributed by atoms with van der Waals surface area (Å²) < 4.78 is 23.2. The first-order chi connectivity index (χ1) is 26.0. The van der Waals surface area contributed by atoms with Gasteiger partial charge in [0.15, 0.2) is 5.13 Å². The minimum absolute atomic E-state index is 0.0326. The van der Waals surface area contributed by atoms with Gasteiger partial charge in [0.25, 0.3) is 0 Å². The van der Waals surface area contributed by atoms with Gasteiger partial charge in [-0.1, -0.05) is 26.8 Å². The summed E-state index contributed by atoms with van der Waals surface area (Å²) in [5.41, 5.74) is 0.289. The van der Waals surface area contributed by atoms with Crippen LogP contribution < -0.4 is 25.4 Å². The molecule has 16 heteroatoms. The van der Waals surface area contributed by atoms with Crippen LogP contribution in [-0.2, 0) is 23.9 Å².